The maximum Gasteiger partial charge on any atom is 0.416 e. The Morgan fingerprint density at radius 3 is 2.68 bits per heavy atom. The number of nitro groups is 1. The van der Waals surface area contributed by atoms with E-state index in [-0.39, 0.29) is 25.3 Å². The number of alkyl halides is 3. The van der Waals surface area contributed by atoms with Crippen LogP contribution < -0.4 is 10.6 Å². The molecule has 0 unspecified atom stereocenters. The van der Waals surface area contributed by atoms with Gasteiger partial charge in [0.2, 0.25) is 5.91 Å². The Kier molecular flexibility index (Phi) is 5.46. The molecular formula is C12H12F3N7O3. The molecule has 1 amide bonds. The maximum absolute atomic E-state index is 12.6. The monoisotopic (exact) mass is 359 g/mol. The van der Waals surface area contributed by atoms with Crippen molar-refractivity contribution in [2.45, 2.75) is 12.7 Å². The Hall–Kier alpha value is -3.25. The summed E-state index contributed by atoms with van der Waals surface area (Å²) < 4.78 is 39.0. The summed E-state index contributed by atoms with van der Waals surface area (Å²) in [5.41, 5.74) is -1.89. The van der Waals surface area contributed by atoms with Crippen molar-refractivity contribution in [3.8, 4) is 0 Å². The molecule has 2 N–H and O–H groups in total. The largest absolute Gasteiger partial charge is 0.416 e. The standard InChI is InChI=1S/C12H12F3N7O3/c13-12(14,15)8-1-2-9(10(5-8)22(24)25)16-3-4-17-11(23)6-21-7-18-19-20-21/h1-2,5,7,16H,3-4,6H2,(H,17,23). The van der Waals surface area contributed by atoms with Gasteiger partial charge in [-0.1, -0.05) is 0 Å². The van der Waals surface area contributed by atoms with Gasteiger partial charge in [0.1, 0.15) is 18.6 Å². The molecule has 2 rings (SSSR count). The zero-order valence-corrected chi connectivity index (χ0v) is 12.5. The Labute approximate surface area is 138 Å². The summed E-state index contributed by atoms with van der Waals surface area (Å²) >= 11 is 0. The summed E-state index contributed by atoms with van der Waals surface area (Å²) in [6, 6.07) is 2.17. The Bertz CT molecular complexity index is 749. The van der Waals surface area contributed by atoms with E-state index in [4.69, 9.17) is 0 Å². The van der Waals surface area contributed by atoms with Crippen molar-refractivity contribution in [2.24, 2.45) is 0 Å². The van der Waals surface area contributed by atoms with Crippen LogP contribution in [0.5, 0.6) is 0 Å². The number of tetrazole rings is 1. The van der Waals surface area contributed by atoms with Crippen LogP contribution in [0.2, 0.25) is 0 Å². The molecule has 0 saturated carbocycles. The van der Waals surface area contributed by atoms with Crippen molar-refractivity contribution in [3.63, 3.8) is 0 Å². The SMILES string of the molecule is O=C(Cn1cnnn1)NCCNc1ccc(C(F)(F)F)cc1[N+](=O)[O-]. The first-order valence-corrected chi connectivity index (χ1v) is 6.84. The summed E-state index contributed by atoms with van der Waals surface area (Å²) in [4.78, 5) is 21.6. The van der Waals surface area contributed by atoms with E-state index in [0.29, 0.717) is 6.07 Å². The van der Waals surface area contributed by atoms with Gasteiger partial charge in [-0.25, -0.2) is 4.68 Å². The van der Waals surface area contributed by atoms with E-state index in [0.717, 1.165) is 12.1 Å². The zero-order valence-electron chi connectivity index (χ0n) is 12.5. The molecule has 10 nitrogen and oxygen atoms in total. The molecule has 0 radical (unpaired) electrons. The summed E-state index contributed by atoms with van der Waals surface area (Å²) in [6.07, 6.45) is -3.42. The third kappa shape index (κ3) is 5.12. The molecule has 1 aromatic carbocycles. The van der Waals surface area contributed by atoms with Crippen LogP contribution in [0, 0.1) is 10.1 Å². The van der Waals surface area contributed by atoms with Crippen molar-refractivity contribution >= 4 is 17.3 Å². The Morgan fingerprint density at radius 1 is 1.32 bits per heavy atom. The maximum atomic E-state index is 12.6. The van der Waals surface area contributed by atoms with E-state index in [2.05, 4.69) is 26.2 Å². The molecule has 0 saturated heterocycles. The number of aromatic nitrogens is 4. The van der Waals surface area contributed by atoms with Gasteiger partial charge in [0.05, 0.1) is 10.5 Å². The molecule has 0 fully saturated rings. The first-order valence-electron chi connectivity index (χ1n) is 6.84. The van der Waals surface area contributed by atoms with Gasteiger partial charge < -0.3 is 10.6 Å². The number of hydrogen-bond donors (Lipinski definition) is 2. The number of nitrogens with zero attached hydrogens (tertiary/aromatic N) is 5. The molecule has 0 aliphatic heterocycles. The lowest BCUT2D eigenvalue weighted by Gasteiger charge is -2.11. The minimum atomic E-state index is -4.67. The van der Waals surface area contributed by atoms with Crippen LogP contribution in [0.4, 0.5) is 24.5 Å². The van der Waals surface area contributed by atoms with E-state index < -0.39 is 28.3 Å². The first kappa shape index (κ1) is 18.1. The van der Waals surface area contributed by atoms with Crippen LogP contribution in [-0.2, 0) is 17.5 Å². The number of nitro benzene ring substituents is 1. The number of carbonyl (C=O) groups excluding carboxylic acids is 1. The first-order chi connectivity index (χ1) is 11.8. The summed E-state index contributed by atoms with van der Waals surface area (Å²) in [5, 5.41) is 26.3. The number of hydrogen-bond acceptors (Lipinski definition) is 7. The molecular weight excluding hydrogens is 347 g/mol. The topological polar surface area (TPSA) is 128 Å². The van der Waals surface area contributed by atoms with Crippen LogP contribution in [0.15, 0.2) is 24.5 Å². The highest BCUT2D eigenvalue weighted by Crippen LogP contribution is 2.34. The number of halogens is 3. The number of rotatable bonds is 7. The molecule has 0 aliphatic carbocycles. The lowest BCUT2D eigenvalue weighted by atomic mass is 10.1. The second-order valence-corrected chi connectivity index (χ2v) is 4.77. The number of anilines is 1. The van der Waals surface area contributed by atoms with Crippen LogP contribution in [-0.4, -0.2) is 44.1 Å². The third-order valence-corrected chi connectivity index (χ3v) is 2.98. The fourth-order valence-electron chi connectivity index (χ4n) is 1.86. The minimum Gasteiger partial charge on any atom is -0.378 e. The van der Waals surface area contributed by atoms with Crippen LogP contribution in [0.25, 0.3) is 0 Å². The van der Waals surface area contributed by atoms with Crippen LogP contribution in [0.3, 0.4) is 0 Å². The second-order valence-electron chi connectivity index (χ2n) is 4.77. The van der Waals surface area contributed by atoms with Crippen molar-refractivity contribution in [2.75, 3.05) is 18.4 Å². The lowest BCUT2D eigenvalue weighted by Crippen LogP contribution is -2.31. The molecule has 1 aromatic heterocycles. The normalized spacial score (nSPS) is 11.2. The van der Waals surface area contributed by atoms with Gasteiger partial charge in [-0.15, -0.1) is 5.10 Å². The van der Waals surface area contributed by atoms with Gasteiger partial charge in [0.25, 0.3) is 5.69 Å². The van der Waals surface area contributed by atoms with Gasteiger partial charge in [0.15, 0.2) is 0 Å². The summed E-state index contributed by atoms with van der Waals surface area (Å²) in [7, 11) is 0. The summed E-state index contributed by atoms with van der Waals surface area (Å²) in [6.45, 7) is 0.0696. The van der Waals surface area contributed by atoms with Gasteiger partial charge in [0, 0.05) is 19.2 Å². The average Bonchev–Trinajstić information content (AvgIpc) is 3.03. The molecule has 1 heterocycles. The zero-order chi connectivity index (χ0) is 18.4. The van der Waals surface area contributed by atoms with E-state index in [1.807, 2.05) is 0 Å². The lowest BCUT2D eigenvalue weighted by molar-refractivity contribution is -0.384. The van der Waals surface area contributed by atoms with Crippen molar-refractivity contribution in [1.29, 1.82) is 0 Å². The minimum absolute atomic E-state index is 0.0762. The fraction of sp³-hybridized carbons (Fsp3) is 0.333. The third-order valence-electron chi connectivity index (χ3n) is 2.98. The average molecular weight is 359 g/mol. The number of nitrogens with one attached hydrogen (secondary N) is 2. The number of benzene rings is 1. The van der Waals surface area contributed by atoms with Gasteiger partial charge in [-0.2, -0.15) is 13.2 Å². The van der Waals surface area contributed by atoms with Crippen molar-refractivity contribution in [1.82, 2.24) is 25.5 Å². The molecule has 25 heavy (non-hydrogen) atoms. The predicted octanol–water partition coefficient (Wildman–Crippen LogP) is 0.828. The molecule has 0 bridgehead atoms. The summed E-state index contributed by atoms with van der Waals surface area (Å²) in [5.74, 6) is -0.393. The number of carbonyl (C=O) groups is 1. The second kappa shape index (κ2) is 7.55. The van der Waals surface area contributed by atoms with Gasteiger partial charge >= 0.3 is 6.18 Å². The molecule has 0 spiro atoms. The smallest absolute Gasteiger partial charge is 0.378 e. The van der Waals surface area contributed by atoms with E-state index in [9.17, 15) is 28.1 Å². The number of amides is 1. The molecule has 2 aromatic rings. The van der Waals surface area contributed by atoms with Gasteiger partial charge in [-0.05, 0) is 22.6 Å². The molecule has 0 atom stereocenters. The van der Waals surface area contributed by atoms with E-state index in [1.54, 1.807) is 0 Å². The Morgan fingerprint density at radius 2 is 2.08 bits per heavy atom. The predicted molar refractivity (Wildman–Crippen MR) is 77.4 cm³/mol. The quantitative estimate of drug-likeness (QED) is 0.426. The highest BCUT2D eigenvalue weighted by Gasteiger charge is 2.32. The van der Waals surface area contributed by atoms with E-state index in [1.165, 1.54) is 11.0 Å². The van der Waals surface area contributed by atoms with Crippen molar-refractivity contribution in [3.05, 3.63) is 40.2 Å². The van der Waals surface area contributed by atoms with Crippen LogP contribution in [0.1, 0.15) is 5.56 Å². The van der Waals surface area contributed by atoms with Crippen LogP contribution >= 0.6 is 0 Å². The highest BCUT2D eigenvalue weighted by molar-refractivity contribution is 5.75. The van der Waals surface area contributed by atoms with Crippen molar-refractivity contribution < 1.29 is 22.9 Å². The highest BCUT2D eigenvalue weighted by atomic mass is 19.4. The fourth-order valence-corrected chi connectivity index (χ4v) is 1.86. The molecule has 0 aliphatic rings. The Balaban J connectivity index is 1.89. The van der Waals surface area contributed by atoms with E-state index >= 15 is 0 Å². The van der Waals surface area contributed by atoms with Gasteiger partial charge in [-0.3, -0.25) is 14.9 Å². The molecule has 13 heteroatoms. The molecule has 134 valence electrons.